The number of amides is 3. The van der Waals surface area contributed by atoms with Gasteiger partial charge in [-0.1, -0.05) is 0 Å². The second-order valence-corrected chi connectivity index (χ2v) is 19.3. The van der Waals surface area contributed by atoms with Crippen molar-refractivity contribution in [2.24, 2.45) is 46.3 Å². The maximum atomic E-state index is 15.0. The van der Waals surface area contributed by atoms with Gasteiger partial charge in [0.1, 0.15) is 22.8 Å². The summed E-state index contributed by atoms with van der Waals surface area (Å²) in [5, 5.41) is 5.04. The molecule has 13 heteroatoms. The molecule has 12 nitrogen and oxygen atoms in total. The average Bonchev–Trinajstić information content (AvgIpc) is 3.79. The van der Waals surface area contributed by atoms with Gasteiger partial charge in [0, 0.05) is 37.8 Å². The van der Waals surface area contributed by atoms with E-state index in [4.69, 9.17) is 14.6 Å². The van der Waals surface area contributed by atoms with Crippen LogP contribution >= 0.6 is 0 Å². The SMILES string of the molecule is CC(=O)N(C(=O)OC(C)(C)C)C12C3C4C35C1C13C2C1C4(n1ccn(-c2c4c(nn2-c2cc(C)c(F)c(C)c2)CCN(C(=O)OC(C)(C)C)[C@H]4C)c1=O)C53. The number of nitrogens with zero attached hydrogens (tertiary/aromatic N) is 6. The monoisotopic (exact) mass is 724 g/mol. The number of imidazole rings is 1. The summed E-state index contributed by atoms with van der Waals surface area (Å²) in [6.45, 7) is 18.2. The third kappa shape index (κ3) is 2.93. The number of rotatable bonds is 4. The van der Waals surface area contributed by atoms with Gasteiger partial charge in [-0.15, -0.1) is 0 Å². The van der Waals surface area contributed by atoms with Crippen molar-refractivity contribution in [2.75, 3.05) is 6.54 Å². The predicted octanol–water partition coefficient (Wildman–Crippen LogP) is 5.42. The number of ether oxygens (including phenoxy) is 2. The number of aryl methyl sites for hydroxylation is 2. The van der Waals surface area contributed by atoms with Crippen LogP contribution in [0.15, 0.2) is 29.3 Å². The number of carbonyl (C=O) groups excluding carboxylic acids is 3. The van der Waals surface area contributed by atoms with Crippen LogP contribution in [0.5, 0.6) is 0 Å². The minimum atomic E-state index is -0.722. The fraction of sp³-hybridized carbons (Fsp3) is 0.625. The largest absolute Gasteiger partial charge is 0.444 e. The van der Waals surface area contributed by atoms with E-state index in [1.807, 2.05) is 65.4 Å². The molecule has 2 aromatic heterocycles. The Morgan fingerprint density at radius 3 is 2.09 bits per heavy atom. The van der Waals surface area contributed by atoms with E-state index in [0.29, 0.717) is 47.4 Å². The van der Waals surface area contributed by atoms with Gasteiger partial charge >= 0.3 is 17.9 Å². The minimum Gasteiger partial charge on any atom is -0.444 e. The Labute approximate surface area is 306 Å². The lowest BCUT2D eigenvalue weighted by atomic mass is 9.19. The van der Waals surface area contributed by atoms with Gasteiger partial charge in [0.15, 0.2) is 0 Å². The van der Waals surface area contributed by atoms with Crippen LogP contribution in [0.3, 0.4) is 0 Å². The summed E-state index contributed by atoms with van der Waals surface area (Å²) >= 11 is 0. The molecule has 7 saturated carbocycles. The van der Waals surface area contributed by atoms with Gasteiger partial charge in [-0.05, 0) is 132 Å². The number of fused-ring (bicyclic) bond motifs is 7. The Bertz CT molecular complexity index is 2320. The molecule has 0 radical (unpaired) electrons. The highest BCUT2D eigenvalue weighted by molar-refractivity contribution is 5.96. The molecule has 0 bridgehead atoms. The first-order valence-corrected chi connectivity index (χ1v) is 19.0. The van der Waals surface area contributed by atoms with Gasteiger partial charge < -0.3 is 14.4 Å². The van der Waals surface area contributed by atoms with Gasteiger partial charge in [0.2, 0.25) is 5.91 Å². The van der Waals surface area contributed by atoms with Crippen molar-refractivity contribution in [3.63, 3.8) is 0 Å². The van der Waals surface area contributed by atoms with Crippen LogP contribution in [-0.2, 0) is 26.2 Å². The summed E-state index contributed by atoms with van der Waals surface area (Å²) in [6, 6.07) is 3.03. The van der Waals surface area contributed by atoms with Crippen molar-refractivity contribution < 1.29 is 28.2 Å². The summed E-state index contributed by atoms with van der Waals surface area (Å²) in [4.78, 5) is 58.4. The van der Waals surface area contributed by atoms with E-state index in [1.165, 1.54) is 11.8 Å². The lowest BCUT2D eigenvalue weighted by Crippen LogP contribution is -2.92. The molecule has 3 aromatic rings. The first-order valence-electron chi connectivity index (χ1n) is 19.0. The molecule has 1 aliphatic heterocycles. The second-order valence-electron chi connectivity index (χ2n) is 19.3. The quantitative estimate of drug-likeness (QED) is 0.353. The molecule has 1 aromatic carbocycles. The van der Waals surface area contributed by atoms with Crippen LogP contribution in [0.2, 0.25) is 0 Å². The highest BCUT2D eigenvalue weighted by atomic mass is 19.1. The van der Waals surface area contributed by atoms with Crippen molar-refractivity contribution >= 4 is 18.1 Å². The summed E-state index contributed by atoms with van der Waals surface area (Å²) in [5.74, 6) is 1.51. The minimum absolute atomic E-state index is 0.118. The average molecular weight is 725 g/mol. The molecule has 11 rings (SSSR count). The van der Waals surface area contributed by atoms with Gasteiger partial charge in [0.05, 0.1) is 28.5 Å². The van der Waals surface area contributed by atoms with Gasteiger partial charge in [0.25, 0.3) is 0 Å². The number of imide groups is 1. The number of carbonyl (C=O) groups is 3. The molecule has 2 spiro atoms. The molecule has 8 aliphatic rings. The Kier molecular flexibility index (Phi) is 5.20. The van der Waals surface area contributed by atoms with Crippen LogP contribution in [-0.4, -0.2) is 70.1 Å². The molecule has 278 valence electrons. The molecule has 3 amide bonds. The summed E-state index contributed by atoms with van der Waals surface area (Å²) < 4.78 is 31.8. The normalized spacial score (nSPS) is 39.1. The van der Waals surface area contributed by atoms with Gasteiger partial charge in [-0.2, -0.15) is 5.10 Å². The number of halogens is 1. The molecular weight excluding hydrogens is 679 g/mol. The molecule has 3 heterocycles. The number of aromatic nitrogens is 4. The fourth-order valence-corrected chi connectivity index (χ4v) is 14.6. The third-order valence-electron chi connectivity index (χ3n) is 15.0. The molecule has 7 fully saturated rings. The second kappa shape index (κ2) is 8.60. The smallest absolute Gasteiger partial charge is 0.417 e. The highest BCUT2D eigenvalue weighted by Gasteiger charge is 3.32. The molecule has 53 heavy (non-hydrogen) atoms. The van der Waals surface area contributed by atoms with Gasteiger partial charge in [-0.3, -0.25) is 13.9 Å². The molecule has 0 N–H and O–H groups in total. The summed E-state index contributed by atoms with van der Waals surface area (Å²) in [7, 11) is 0. The maximum Gasteiger partial charge on any atom is 0.417 e. The van der Waals surface area contributed by atoms with E-state index in [2.05, 4.69) is 0 Å². The zero-order chi connectivity index (χ0) is 37.6. The molecular formula is C40H45FN6O6. The predicted molar refractivity (Wildman–Crippen MR) is 187 cm³/mol. The van der Waals surface area contributed by atoms with Crippen LogP contribution in [0.25, 0.3) is 11.5 Å². The van der Waals surface area contributed by atoms with E-state index in [9.17, 15) is 23.6 Å². The third-order valence-corrected chi connectivity index (χ3v) is 15.0. The fourth-order valence-electron chi connectivity index (χ4n) is 14.6. The lowest BCUT2D eigenvalue weighted by molar-refractivity contribution is -0.401. The van der Waals surface area contributed by atoms with E-state index < -0.39 is 35.0 Å². The van der Waals surface area contributed by atoms with E-state index in [-0.39, 0.29) is 57.5 Å². The first kappa shape index (κ1) is 32.0. The Hall–Kier alpha value is -4.42. The van der Waals surface area contributed by atoms with Crippen LogP contribution in [0.1, 0.15) is 83.8 Å². The van der Waals surface area contributed by atoms with Crippen molar-refractivity contribution in [2.45, 2.75) is 104 Å². The van der Waals surface area contributed by atoms with Crippen molar-refractivity contribution in [1.29, 1.82) is 0 Å². The van der Waals surface area contributed by atoms with Crippen molar-refractivity contribution in [1.82, 2.24) is 28.7 Å². The van der Waals surface area contributed by atoms with E-state index in [0.717, 1.165) is 11.3 Å². The molecule has 6 unspecified atom stereocenters. The topological polar surface area (TPSA) is 121 Å². The van der Waals surface area contributed by atoms with Crippen LogP contribution in [0, 0.1) is 66.0 Å². The standard InChI is InChI=1S/C40H45FN6O6/c1-17-15-21(16-18(2)24(17)41)47-29(23-19(3)43(12-11-22(23)42-47)33(50)52-35(5,6)7)44-13-14-45(32(44)49)39-25-27-37(25)30(39)38-26(39)28(38)40(27,31(37)38)46(20(4)48)34(51)53-36(8,9)10/h13-16,19,25-28,30-31H,11-12H2,1-10H3/t19-,25?,26?,27?,28?,30?,31?,37?,38?,39?,40?/m0/s1. The van der Waals surface area contributed by atoms with E-state index in [1.54, 1.807) is 40.1 Å². The number of hydrogen-bond donors (Lipinski definition) is 0. The Morgan fingerprint density at radius 1 is 0.925 bits per heavy atom. The molecule has 7 aliphatic carbocycles. The van der Waals surface area contributed by atoms with Crippen molar-refractivity contribution in [3.05, 3.63) is 63.2 Å². The molecule has 0 saturated heterocycles. The molecule has 7 atom stereocenters. The van der Waals surface area contributed by atoms with Crippen LogP contribution < -0.4 is 5.69 Å². The lowest BCUT2D eigenvalue weighted by Gasteiger charge is -2.87. The summed E-state index contributed by atoms with van der Waals surface area (Å²) in [5.41, 5.74) is 0.943. The number of benzene rings is 1. The van der Waals surface area contributed by atoms with Gasteiger partial charge in [-0.25, -0.2) is 28.4 Å². The zero-order valence-corrected chi connectivity index (χ0v) is 31.8. The summed E-state index contributed by atoms with van der Waals surface area (Å²) in [6.07, 6.45) is 3.20. The maximum absolute atomic E-state index is 15.0. The highest BCUT2D eigenvalue weighted by Crippen LogP contribution is 3.28. The number of hydrogen-bond acceptors (Lipinski definition) is 7. The van der Waals surface area contributed by atoms with E-state index >= 15 is 0 Å². The van der Waals surface area contributed by atoms with Crippen molar-refractivity contribution in [3.8, 4) is 11.5 Å². The zero-order valence-electron chi connectivity index (χ0n) is 31.8. The Balaban J connectivity index is 1.01. The van der Waals surface area contributed by atoms with Crippen LogP contribution in [0.4, 0.5) is 14.0 Å². The first-order chi connectivity index (χ1) is 24.8. The Morgan fingerprint density at radius 2 is 1.53 bits per heavy atom.